The lowest BCUT2D eigenvalue weighted by atomic mass is 10.2. The molecule has 0 amide bonds. The first kappa shape index (κ1) is 17.3. The maximum atomic E-state index is 10.7. The summed E-state index contributed by atoms with van der Waals surface area (Å²) in [6, 6.07) is 13.7. The van der Waals surface area contributed by atoms with Gasteiger partial charge in [0.05, 0.1) is 17.6 Å². The molecule has 0 spiro atoms. The Labute approximate surface area is 140 Å². The highest BCUT2D eigenvalue weighted by Crippen LogP contribution is 2.17. The van der Waals surface area contributed by atoms with Gasteiger partial charge in [0.2, 0.25) is 0 Å². The molecule has 0 atom stereocenters. The topological polar surface area (TPSA) is 103 Å². The first-order valence-electron chi connectivity index (χ1n) is 7.51. The highest BCUT2D eigenvalue weighted by atomic mass is 16.6. The van der Waals surface area contributed by atoms with Crippen molar-refractivity contribution in [3.05, 3.63) is 64.2 Å². The van der Waals surface area contributed by atoms with Crippen LogP contribution in [0.2, 0.25) is 0 Å². The Kier molecular flexibility index (Phi) is 5.73. The van der Waals surface area contributed by atoms with Gasteiger partial charge in [-0.25, -0.2) is 4.99 Å². The molecule has 0 aliphatic rings. The van der Waals surface area contributed by atoms with Gasteiger partial charge in [0.25, 0.3) is 5.69 Å². The van der Waals surface area contributed by atoms with Gasteiger partial charge in [-0.1, -0.05) is 12.1 Å². The zero-order valence-electron chi connectivity index (χ0n) is 13.6. The number of guanidine groups is 1. The fourth-order valence-electron chi connectivity index (χ4n) is 2.02. The number of nitro groups is 1. The number of hydrogen-bond donors (Lipinski definition) is 2. The number of nitrogens with zero attached hydrogens (tertiary/aromatic N) is 2. The van der Waals surface area contributed by atoms with Gasteiger partial charge in [-0.2, -0.15) is 0 Å². The zero-order chi connectivity index (χ0) is 17.5. The molecule has 0 fully saturated rings. The lowest BCUT2D eigenvalue weighted by Crippen LogP contribution is -2.22. The molecule has 7 heteroatoms. The van der Waals surface area contributed by atoms with Crippen LogP contribution in [-0.4, -0.2) is 17.0 Å². The number of nitrogens with one attached hydrogen (secondary N) is 1. The molecule has 0 radical (unpaired) electrons. The van der Waals surface area contributed by atoms with E-state index in [9.17, 15) is 10.1 Å². The monoisotopic (exact) mass is 328 g/mol. The van der Waals surface area contributed by atoms with Crippen molar-refractivity contribution in [1.82, 2.24) is 0 Å². The van der Waals surface area contributed by atoms with Crippen molar-refractivity contribution in [2.24, 2.45) is 10.7 Å². The molecule has 0 unspecified atom stereocenters. The minimum Gasteiger partial charge on any atom is -0.491 e. The highest BCUT2D eigenvalue weighted by Gasteiger charge is 2.05. The van der Waals surface area contributed by atoms with Crippen molar-refractivity contribution in [2.45, 2.75) is 26.5 Å². The second kappa shape index (κ2) is 7.96. The SMILES string of the molecule is CC(C)Oc1ccc(NC(N)=NCc2cccc([N+](=O)[O-])c2)cc1. The molecular formula is C17H20N4O3. The molecule has 0 heterocycles. The van der Waals surface area contributed by atoms with Crippen molar-refractivity contribution in [2.75, 3.05) is 5.32 Å². The van der Waals surface area contributed by atoms with E-state index in [-0.39, 0.29) is 24.3 Å². The number of nitrogens with two attached hydrogens (primary N) is 1. The van der Waals surface area contributed by atoms with Crippen LogP contribution in [0.1, 0.15) is 19.4 Å². The number of nitro benzene ring substituents is 1. The van der Waals surface area contributed by atoms with Crippen molar-refractivity contribution in [3.63, 3.8) is 0 Å². The summed E-state index contributed by atoms with van der Waals surface area (Å²) in [6.07, 6.45) is 0.116. The van der Waals surface area contributed by atoms with E-state index in [1.807, 2.05) is 38.1 Å². The lowest BCUT2D eigenvalue weighted by molar-refractivity contribution is -0.384. The van der Waals surface area contributed by atoms with Crippen LogP contribution in [0.5, 0.6) is 5.75 Å². The number of non-ortho nitro benzene ring substituents is 1. The molecule has 0 saturated heterocycles. The molecule has 0 aromatic heterocycles. The summed E-state index contributed by atoms with van der Waals surface area (Å²) in [6.45, 7) is 4.19. The normalized spacial score (nSPS) is 11.4. The van der Waals surface area contributed by atoms with Crippen LogP contribution in [0.25, 0.3) is 0 Å². The molecule has 0 aliphatic carbocycles. The van der Waals surface area contributed by atoms with Gasteiger partial charge in [-0.05, 0) is 43.7 Å². The number of aliphatic imine (C=N–C) groups is 1. The van der Waals surface area contributed by atoms with E-state index in [0.717, 1.165) is 17.0 Å². The van der Waals surface area contributed by atoms with Gasteiger partial charge in [0.1, 0.15) is 5.75 Å². The summed E-state index contributed by atoms with van der Waals surface area (Å²) < 4.78 is 5.57. The number of benzene rings is 2. The fourth-order valence-corrected chi connectivity index (χ4v) is 2.02. The first-order chi connectivity index (χ1) is 11.4. The Morgan fingerprint density at radius 1 is 1.29 bits per heavy atom. The molecule has 0 aliphatic heterocycles. The second-order valence-electron chi connectivity index (χ2n) is 5.44. The van der Waals surface area contributed by atoms with Crippen molar-refractivity contribution in [3.8, 4) is 5.75 Å². The van der Waals surface area contributed by atoms with E-state index in [1.165, 1.54) is 12.1 Å². The number of rotatable bonds is 6. The Morgan fingerprint density at radius 3 is 2.62 bits per heavy atom. The zero-order valence-corrected chi connectivity index (χ0v) is 13.6. The number of hydrogen-bond acceptors (Lipinski definition) is 4. The second-order valence-corrected chi connectivity index (χ2v) is 5.44. The molecule has 2 aromatic carbocycles. The van der Waals surface area contributed by atoms with Crippen LogP contribution in [0.4, 0.5) is 11.4 Å². The predicted octanol–water partition coefficient (Wildman–Crippen LogP) is 3.31. The van der Waals surface area contributed by atoms with Crippen molar-refractivity contribution in [1.29, 1.82) is 0 Å². The van der Waals surface area contributed by atoms with E-state index in [4.69, 9.17) is 10.5 Å². The third kappa shape index (κ3) is 5.28. The lowest BCUT2D eigenvalue weighted by Gasteiger charge is -2.11. The van der Waals surface area contributed by atoms with Gasteiger partial charge < -0.3 is 15.8 Å². The maximum absolute atomic E-state index is 10.7. The third-order valence-electron chi connectivity index (χ3n) is 3.05. The average molecular weight is 328 g/mol. The van der Waals surface area contributed by atoms with Gasteiger partial charge in [-0.15, -0.1) is 0 Å². The Balaban J connectivity index is 1.96. The van der Waals surface area contributed by atoms with Crippen molar-refractivity contribution < 1.29 is 9.66 Å². The summed E-state index contributed by atoms with van der Waals surface area (Å²) in [7, 11) is 0. The van der Waals surface area contributed by atoms with E-state index >= 15 is 0 Å². The summed E-state index contributed by atoms with van der Waals surface area (Å²) in [5.74, 6) is 1.02. The van der Waals surface area contributed by atoms with E-state index < -0.39 is 4.92 Å². The van der Waals surface area contributed by atoms with E-state index in [0.29, 0.717) is 0 Å². The smallest absolute Gasteiger partial charge is 0.269 e. The quantitative estimate of drug-likeness (QED) is 0.366. The minimum absolute atomic E-state index is 0.0370. The number of ether oxygens (including phenoxy) is 1. The molecular weight excluding hydrogens is 308 g/mol. The molecule has 2 aromatic rings. The summed E-state index contributed by atoms with van der Waals surface area (Å²) in [4.78, 5) is 14.5. The third-order valence-corrected chi connectivity index (χ3v) is 3.05. The standard InChI is InChI=1S/C17H20N4O3/c1-12(2)24-16-8-6-14(7-9-16)20-17(18)19-11-13-4-3-5-15(10-13)21(22)23/h3-10,12H,11H2,1-2H3,(H3,18,19,20). The molecule has 0 bridgehead atoms. The maximum Gasteiger partial charge on any atom is 0.269 e. The molecule has 24 heavy (non-hydrogen) atoms. The Bertz CT molecular complexity index is 727. The van der Waals surface area contributed by atoms with Crippen LogP contribution in [0.3, 0.4) is 0 Å². The molecule has 126 valence electrons. The van der Waals surface area contributed by atoms with Crippen LogP contribution in [-0.2, 0) is 6.54 Å². The Hall–Kier alpha value is -3.09. The fraction of sp³-hybridized carbons (Fsp3) is 0.235. The van der Waals surface area contributed by atoms with Gasteiger partial charge >= 0.3 is 0 Å². The van der Waals surface area contributed by atoms with Crippen molar-refractivity contribution >= 4 is 17.3 Å². The Morgan fingerprint density at radius 2 is 2.00 bits per heavy atom. The number of anilines is 1. The van der Waals surface area contributed by atoms with Gasteiger partial charge in [-0.3, -0.25) is 10.1 Å². The summed E-state index contributed by atoms with van der Waals surface area (Å²) >= 11 is 0. The summed E-state index contributed by atoms with van der Waals surface area (Å²) in [5, 5.41) is 13.7. The van der Waals surface area contributed by atoms with Crippen LogP contribution in [0.15, 0.2) is 53.5 Å². The van der Waals surface area contributed by atoms with Crippen LogP contribution < -0.4 is 15.8 Å². The van der Waals surface area contributed by atoms with Crippen LogP contribution >= 0.6 is 0 Å². The highest BCUT2D eigenvalue weighted by molar-refractivity contribution is 5.92. The average Bonchev–Trinajstić information content (AvgIpc) is 2.54. The van der Waals surface area contributed by atoms with Gasteiger partial charge in [0.15, 0.2) is 5.96 Å². The largest absolute Gasteiger partial charge is 0.491 e. The molecule has 0 saturated carbocycles. The first-order valence-corrected chi connectivity index (χ1v) is 7.51. The molecule has 7 nitrogen and oxygen atoms in total. The van der Waals surface area contributed by atoms with E-state index in [1.54, 1.807) is 12.1 Å². The molecule has 3 N–H and O–H groups in total. The van der Waals surface area contributed by atoms with Crippen LogP contribution in [0, 0.1) is 10.1 Å². The minimum atomic E-state index is -0.435. The van der Waals surface area contributed by atoms with Gasteiger partial charge in [0, 0.05) is 17.8 Å². The predicted molar refractivity (Wildman–Crippen MR) is 94.3 cm³/mol. The van der Waals surface area contributed by atoms with E-state index in [2.05, 4.69) is 10.3 Å². The summed E-state index contributed by atoms with van der Waals surface area (Å²) in [5.41, 5.74) is 7.38. The molecule has 2 rings (SSSR count).